The molecule has 0 fully saturated rings. The lowest BCUT2D eigenvalue weighted by molar-refractivity contribution is 0.941. The molecule has 3 heteroatoms. The van der Waals surface area contributed by atoms with Crippen molar-refractivity contribution in [2.24, 2.45) is 0 Å². The van der Waals surface area contributed by atoms with Crippen LogP contribution in [0.5, 0.6) is 0 Å². The first-order valence-electron chi connectivity index (χ1n) is 3.25. The van der Waals surface area contributed by atoms with E-state index < -0.39 is 0 Å². The summed E-state index contributed by atoms with van der Waals surface area (Å²) in [6, 6.07) is 9.41. The van der Waals surface area contributed by atoms with Gasteiger partial charge >= 0.3 is 0 Å². The van der Waals surface area contributed by atoms with E-state index >= 15 is 0 Å². The van der Waals surface area contributed by atoms with Crippen molar-refractivity contribution in [3.05, 3.63) is 36.2 Å². The second-order valence-electron chi connectivity index (χ2n) is 2.19. The Kier molecular flexibility index (Phi) is 1.13. The summed E-state index contributed by atoms with van der Waals surface area (Å²) in [5, 5.41) is 12.6. The van der Waals surface area contributed by atoms with Gasteiger partial charge in [-0.3, -0.25) is 0 Å². The van der Waals surface area contributed by atoms with Gasteiger partial charge < -0.3 is 0 Å². The highest BCUT2D eigenvalue weighted by atomic mass is 15.2. The first-order valence-corrected chi connectivity index (χ1v) is 3.25. The molecule has 0 atom stereocenters. The summed E-state index contributed by atoms with van der Waals surface area (Å²) >= 11 is 0. The zero-order valence-corrected chi connectivity index (χ0v) is 5.73. The van der Waals surface area contributed by atoms with E-state index in [4.69, 9.17) is 5.26 Å². The van der Waals surface area contributed by atoms with Crippen molar-refractivity contribution in [3.63, 3.8) is 0 Å². The van der Waals surface area contributed by atoms with E-state index in [-0.39, 0.29) is 0 Å². The maximum atomic E-state index is 8.64. The van der Waals surface area contributed by atoms with E-state index in [0.717, 1.165) is 5.52 Å². The Labute approximate surface area is 63.5 Å². The number of nitrogens with zero attached hydrogens (tertiary/aromatic N) is 3. The van der Waals surface area contributed by atoms with Crippen LogP contribution < -0.4 is 0 Å². The summed E-state index contributed by atoms with van der Waals surface area (Å²) < 4.78 is 1.61. The second kappa shape index (κ2) is 2.10. The summed E-state index contributed by atoms with van der Waals surface area (Å²) in [5.41, 5.74) is 1.51. The van der Waals surface area contributed by atoms with Crippen molar-refractivity contribution in [2.75, 3.05) is 0 Å². The highest BCUT2D eigenvalue weighted by Crippen LogP contribution is 2.04. The van der Waals surface area contributed by atoms with Crippen LogP contribution in [0.2, 0.25) is 0 Å². The zero-order chi connectivity index (χ0) is 7.68. The van der Waals surface area contributed by atoms with Crippen LogP contribution in [0.4, 0.5) is 0 Å². The summed E-state index contributed by atoms with van der Waals surface area (Å²) in [6.07, 6.45) is 1.68. The number of rotatable bonds is 0. The lowest BCUT2D eigenvalue weighted by Gasteiger charge is -1.92. The fourth-order valence-corrected chi connectivity index (χ4v) is 1.03. The quantitative estimate of drug-likeness (QED) is 0.556. The molecule has 2 aromatic rings. The van der Waals surface area contributed by atoms with Crippen molar-refractivity contribution in [2.45, 2.75) is 0 Å². The molecular weight excluding hydrogens is 138 g/mol. The summed E-state index contributed by atoms with van der Waals surface area (Å²) in [6.45, 7) is 0. The third-order valence-electron chi connectivity index (χ3n) is 1.54. The first-order chi connectivity index (χ1) is 5.42. The SMILES string of the molecule is N#Cc1cccc2ccnn12. The lowest BCUT2D eigenvalue weighted by Crippen LogP contribution is -1.91. The van der Waals surface area contributed by atoms with E-state index in [0.29, 0.717) is 5.69 Å². The molecular formula is C8H5N3. The Morgan fingerprint density at radius 2 is 2.27 bits per heavy atom. The highest BCUT2D eigenvalue weighted by molar-refractivity contribution is 5.48. The minimum Gasteiger partial charge on any atom is -0.223 e. The smallest absolute Gasteiger partial charge is 0.142 e. The van der Waals surface area contributed by atoms with Gasteiger partial charge in [-0.15, -0.1) is 0 Å². The Balaban J connectivity index is 2.92. The van der Waals surface area contributed by atoms with E-state index in [1.54, 1.807) is 16.8 Å². The van der Waals surface area contributed by atoms with E-state index in [9.17, 15) is 0 Å². The molecule has 0 aliphatic carbocycles. The molecule has 0 unspecified atom stereocenters. The predicted molar refractivity (Wildman–Crippen MR) is 39.9 cm³/mol. The molecule has 0 aliphatic heterocycles. The van der Waals surface area contributed by atoms with Crippen LogP contribution in [0.25, 0.3) is 5.52 Å². The molecule has 0 radical (unpaired) electrons. The molecule has 2 aromatic heterocycles. The Morgan fingerprint density at radius 3 is 3.09 bits per heavy atom. The normalized spacial score (nSPS) is 9.73. The van der Waals surface area contributed by atoms with Crippen LogP contribution in [0.1, 0.15) is 5.69 Å². The van der Waals surface area contributed by atoms with Crippen LogP contribution in [-0.2, 0) is 0 Å². The first kappa shape index (κ1) is 5.93. The third kappa shape index (κ3) is 0.767. The molecule has 0 spiro atoms. The summed E-state index contributed by atoms with van der Waals surface area (Å²) in [7, 11) is 0. The molecule has 0 N–H and O–H groups in total. The van der Waals surface area contributed by atoms with Gasteiger partial charge in [-0.1, -0.05) is 6.07 Å². The molecule has 2 rings (SSSR count). The van der Waals surface area contributed by atoms with Crippen LogP contribution in [0, 0.1) is 11.3 Å². The van der Waals surface area contributed by atoms with Gasteiger partial charge in [-0.25, -0.2) is 4.52 Å². The van der Waals surface area contributed by atoms with Crippen molar-refractivity contribution < 1.29 is 0 Å². The number of pyridine rings is 1. The fourth-order valence-electron chi connectivity index (χ4n) is 1.03. The number of hydrogen-bond acceptors (Lipinski definition) is 2. The van der Waals surface area contributed by atoms with Gasteiger partial charge in [-0.05, 0) is 18.2 Å². The molecule has 11 heavy (non-hydrogen) atoms. The molecule has 0 aliphatic rings. The maximum absolute atomic E-state index is 8.64. The van der Waals surface area contributed by atoms with E-state index in [1.165, 1.54) is 0 Å². The van der Waals surface area contributed by atoms with Gasteiger partial charge in [0.15, 0.2) is 0 Å². The van der Waals surface area contributed by atoms with Crippen molar-refractivity contribution in [3.8, 4) is 6.07 Å². The molecule has 2 heterocycles. The number of fused-ring (bicyclic) bond motifs is 1. The average molecular weight is 143 g/mol. The second-order valence-corrected chi connectivity index (χ2v) is 2.19. The van der Waals surface area contributed by atoms with Gasteiger partial charge in [0.2, 0.25) is 0 Å². The van der Waals surface area contributed by atoms with Crippen molar-refractivity contribution >= 4 is 5.52 Å². The Morgan fingerprint density at radius 1 is 1.36 bits per heavy atom. The number of nitriles is 1. The largest absolute Gasteiger partial charge is 0.223 e. The topological polar surface area (TPSA) is 41.1 Å². The lowest BCUT2D eigenvalue weighted by atomic mass is 10.3. The standard InChI is InChI=1S/C8H5N3/c9-6-8-3-1-2-7-4-5-10-11(7)8/h1-5H. The van der Waals surface area contributed by atoms with Crippen LogP contribution in [0.15, 0.2) is 30.5 Å². The van der Waals surface area contributed by atoms with Gasteiger partial charge in [-0.2, -0.15) is 10.4 Å². The van der Waals surface area contributed by atoms with Crippen LogP contribution in [-0.4, -0.2) is 9.61 Å². The monoisotopic (exact) mass is 143 g/mol. The van der Waals surface area contributed by atoms with Crippen molar-refractivity contribution in [1.29, 1.82) is 5.26 Å². The number of hydrogen-bond donors (Lipinski definition) is 0. The predicted octanol–water partition coefficient (Wildman–Crippen LogP) is 1.21. The maximum Gasteiger partial charge on any atom is 0.142 e. The Bertz CT molecular complexity index is 422. The number of aromatic nitrogens is 2. The summed E-state index contributed by atoms with van der Waals surface area (Å²) in [5.74, 6) is 0. The van der Waals surface area contributed by atoms with Gasteiger partial charge in [0.25, 0.3) is 0 Å². The van der Waals surface area contributed by atoms with E-state index in [2.05, 4.69) is 11.2 Å². The molecule has 0 saturated heterocycles. The van der Waals surface area contributed by atoms with E-state index in [1.807, 2.05) is 18.2 Å². The molecule has 52 valence electrons. The molecule has 0 bridgehead atoms. The molecule has 0 saturated carbocycles. The minimum absolute atomic E-state index is 0.562. The zero-order valence-electron chi connectivity index (χ0n) is 5.73. The molecule has 3 nitrogen and oxygen atoms in total. The van der Waals surface area contributed by atoms with Crippen LogP contribution >= 0.6 is 0 Å². The van der Waals surface area contributed by atoms with Gasteiger partial charge in [0.1, 0.15) is 11.8 Å². The minimum atomic E-state index is 0.562. The fraction of sp³-hybridized carbons (Fsp3) is 0. The van der Waals surface area contributed by atoms with Crippen molar-refractivity contribution in [1.82, 2.24) is 9.61 Å². The van der Waals surface area contributed by atoms with Gasteiger partial charge in [0, 0.05) is 0 Å². The molecule has 0 amide bonds. The Hall–Kier alpha value is -1.82. The highest BCUT2D eigenvalue weighted by Gasteiger charge is 1.96. The average Bonchev–Trinajstić information content (AvgIpc) is 2.50. The van der Waals surface area contributed by atoms with Gasteiger partial charge in [0.05, 0.1) is 11.7 Å². The molecule has 0 aromatic carbocycles. The third-order valence-corrected chi connectivity index (χ3v) is 1.54. The van der Waals surface area contributed by atoms with Crippen LogP contribution in [0.3, 0.4) is 0 Å². The summed E-state index contributed by atoms with van der Waals surface area (Å²) in [4.78, 5) is 0.